The number of hydrogen-bond donors (Lipinski definition) is 3. The first-order chi connectivity index (χ1) is 16.6. The molecule has 0 aliphatic rings. The van der Waals surface area contributed by atoms with Gasteiger partial charge in [-0.1, -0.05) is 12.1 Å². The van der Waals surface area contributed by atoms with Crippen LogP contribution < -0.4 is 10.6 Å². The highest BCUT2D eigenvalue weighted by Gasteiger charge is 2.30. The molecule has 0 bridgehead atoms. The van der Waals surface area contributed by atoms with Crippen LogP contribution in [0, 0.1) is 0 Å². The molecule has 0 aliphatic heterocycles. The van der Waals surface area contributed by atoms with E-state index < -0.39 is 24.3 Å². The molecule has 0 aliphatic carbocycles. The summed E-state index contributed by atoms with van der Waals surface area (Å²) in [5, 5.41) is 6.26. The smallest absolute Gasteiger partial charge is 0.346 e. The molecule has 3 heterocycles. The number of rotatable bonds is 4. The highest BCUT2D eigenvalue weighted by atomic mass is 19.4. The number of carbonyl (C=O) groups excluding carboxylic acids is 1. The number of benzene rings is 2. The molecule has 0 saturated heterocycles. The second-order valence-electron chi connectivity index (χ2n) is 7.29. The third-order valence-corrected chi connectivity index (χ3v) is 5.13. The van der Waals surface area contributed by atoms with E-state index in [0.717, 1.165) is 12.1 Å². The number of aromatic nitrogens is 3. The van der Waals surface area contributed by atoms with Crippen LogP contribution in [0.25, 0.3) is 21.9 Å². The maximum absolute atomic E-state index is 12.9. The molecular formula is C24H18F3N5O. The van der Waals surface area contributed by atoms with Crippen LogP contribution in [0.2, 0.25) is 0 Å². The number of alkyl halides is 3. The maximum atomic E-state index is 12.9. The first-order valence-electron chi connectivity index (χ1n) is 10.9. The lowest BCUT2D eigenvalue weighted by Crippen LogP contribution is -2.20. The number of anilines is 2. The number of aromatic amines is 1. The maximum Gasteiger partial charge on any atom is 0.416 e. The Bertz CT molecular complexity index is 1560. The molecule has 0 atom stereocenters. The van der Waals surface area contributed by atoms with Gasteiger partial charge in [-0.2, -0.15) is 13.2 Å². The van der Waals surface area contributed by atoms with Crippen LogP contribution in [0.1, 0.15) is 13.9 Å². The second kappa shape index (κ2) is 8.01. The molecule has 2 aromatic carbocycles. The third-order valence-electron chi connectivity index (χ3n) is 5.13. The zero-order valence-corrected chi connectivity index (χ0v) is 16.9. The van der Waals surface area contributed by atoms with E-state index in [1.165, 1.54) is 22.9 Å². The predicted octanol–water partition coefficient (Wildman–Crippen LogP) is 6.23. The normalized spacial score (nSPS) is 13.1. The van der Waals surface area contributed by atoms with Crippen molar-refractivity contribution in [3.8, 4) is 0 Å². The highest BCUT2D eigenvalue weighted by molar-refractivity contribution is 6.05. The van der Waals surface area contributed by atoms with Gasteiger partial charge < -0.3 is 20.2 Å². The lowest BCUT2D eigenvalue weighted by atomic mass is 10.2. The summed E-state index contributed by atoms with van der Waals surface area (Å²) in [6.45, 7) is -1.94. The first-order valence-corrected chi connectivity index (χ1v) is 9.93. The summed E-state index contributed by atoms with van der Waals surface area (Å²) in [5.41, 5.74) is 1.00. The largest absolute Gasteiger partial charge is 0.416 e. The van der Waals surface area contributed by atoms with Crippen molar-refractivity contribution in [1.29, 1.82) is 0 Å². The van der Waals surface area contributed by atoms with Gasteiger partial charge in [0.15, 0.2) is 0 Å². The second-order valence-corrected chi connectivity index (χ2v) is 7.29. The summed E-state index contributed by atoms with van der Waals surface area (Å²) in [6, 6.07) is 13.7. The van der Waals surface area contributed by atoms with E-state index in [9.17, 15) is 18.0 Å². The van der Waals surface area contributed by atoms with Crippen molar-refractivity contribution in [2.75, 3.05) is 10.6 Å². The van der Waals surface area contributed by atoms with Gasteiger partial charge in [0, 0.05) is 41.5 Å². The fourth-order valence-corrected chi connectivity index (χ4v) is 3.62. The number of urea groups is 1. The Labute approximate surface area is 188 Å². The predicted molar refractivity (Wildman–Crippen MR) is 121 cm³/mol. The number of halogens is 3. The molecular weight excluding hydrogens is 431 g/mol. The number of carbonyl (C=O) groups is 1. The minimum absolute atomic E-state index is 0.00777. The van der Waals surface area contributed by atoms with Crippen molar-refractivity contribution in [3.05, 3.63) is 90.4 Å². The summed E-state index contributed by atoms with van der Waals surface area (Å²) in [4.78, 5) is 19.7. The van der Waals surface area contributed by atoms with E-state index >= 15 is 0 Å². The minimum atomic E-state index is -4.53. The molecule has 2 amide bonds. The molecule has 5 aromatic rings. The van der Waals surface area contributed by atoms with Crippen LogP contribution >= 0.6 is 0 Å². The number of pyridine rings is 1. The molecule has 9 heteroatoms. The van der Waals surface area contributed by atoms with E-state index in [1.54, 1.807) is 48.8 Å². The van der Waals surface area contributed by atoms with E-state index in [4.69, 9.17) is 2.74 Å². The molecule has 0 fully saturated rings. The Morgan fingerprint density at radius 3 is 2.76 bits per heavy atom. The van der Waals surface area contributed by atoms with Gasteiger partial charge in [-0.15, -0.1) is 0 Å². The van der Waals surface area contributed by atoms with Gasteiger partial charge in [0.05, 0.1) is 19.5 Å². The van der Waals surface area contributed by atoms with Gasteiger partial charge in [-0.3, -0.25) is 0 Å². The standard InChI is InChI=1S/C24H18F3N5O/c25-24(26,27)16-3-1-4-17(13-16)30-23(33)31-20-5-2-6-21-19(20)9-12-32(21)14-15-7-10-28-22-18(15)8-11-29-22/h1-13H,14H2,(H,28,29)(H2,30,31,33)/i14D2. The molecule has 0 spiro atoms. The average molecular weight is 451 g/mol. The van der Waals surface area contributed by atoms with Crippen LogP contribution in [-0.2, 0) is 12.7 Å². The van der Waals surface area contributed by atoms with E-state index in [0.29, 0.717) is 33.2 Å². The topological polar surface area (TPSA) is 74.7 Å². The monoisotopic (exact) mass is 451 g/mol. The molecule has 5 rings (SSSR count). The number of nitrogens with zero attached hydrogens (tertiary/aromatic N) is 2. The molecule has 3 aromatic heterocycles. The average Bonchev–Trinajstić information content (AvgIpc) is 3.46. The molecule has 0 unspecified atom stereocenters. The fraction of sp³-hybridized carbons (Fsp3) is 0.0833. The lowest BCUT2D eigenvalue weighted by Gasteiger charge is -2.12. The molecule has 6 nitrogen and oxygen atoms in total. The van der Waals surface area contributed by atoms with Gasteiger partial charge in [-0.05, 0) is 54.1 Å². The van der Waals surface area contributed by atoms with Crippen molar-refractivity contribution in [2.24, 2.45) is 0 Å². The Kier molecular flexibility index (Phi) is 4.45. The van der Waals surface area contributed by atoms with Crippen molar-refractivity contribution in [3.63, 3.8) is 0 Å². The number of fused-ring (bicyclic) bond motifs is 2. The van der Waals surface area contributed by atoms with Crippen molar-refractivity contribution in [2.45, 2.75) is 12.7 Å². The fourth-order valence-electron chi connectivity index (χ4n) is 3.62. The Morgan fingerprint density at radius 1 is 1.06 bits per heavy atom. The molecule has 166 valence electrons. The zero-order valence-electron chi connectivity index (χ0n) is 18.9. The summed E-state index contributed by atoms with van der Waals surface area (Å²) < 4.78 is 58.0. The Balaban J connectivity index is 1.44. The number of nitrogens with one attached hydrogen (secondary N) is 3. The Hall–Kier alpha value is -4.27. The minimum Gasteiger partial charge on any atom is -0.346 e. The Morgan fingerprint density at radius 2 is 1.91 bits per heavy atom. The number of H-pyrrole nitrogens is 1. The van der Waals surface area contributed by atoms with Crippen molar-refractivity contribution < 1.29 is 20.7 Å². The van der Waals surface area contributed by atoms with Crippen LogP contribution in [0.15, 0.2) is 79.3 Å². The summed E-state index contributed by atoms with van der Waals surface area (Å²) >= 11 is 0. The summed E-state index contributed by atoms with van der Waals surface area (Å²) in [7, 11) is 0. The van der Waals surface area contributed by atoms with Gasteiger partial charge in [0.2, 0.25) is 0 Å². The molecule has 0 saturated carbocycles. The van der Waals surface area contributed by atoms with E-state index in [-0.39, 0.29) is 5.69 Å². The summed E-state index contributed by atoms with van der Waals surface area (Å²) in [5.74, 6) is 0. The highest BCUT2D eigenvalue weighted by Crippen LogP contribution is 2.31. The third kappa shape index (κ3) is 4.12. The number of hydrogen-bond acceptors (Lipinski definition) is 2. The van der Waals surface area contributed by atoms with Crippen LogP contribution in [0.4, 0.5) is 29.3 Å². The number of amides is 2. The van der Waals surface area contributed by atoms with Crippen LogP contribution in [0.5, 0.6) is 0 Å². The first kappa shape index (κ1) is 18.3. The van der Waals surface area contributed by atoms with Crippen molar-refractivity contribution >= 4 is 39.3 Å². The molecule has 3 N–H and O–H groups in total. The van der Waals surface area contributed by atoms with E-state index in [1.807, 2.05) is 0 Å². The van der Waals surface area contributed by atoms with Gasteiger partial charge in [-0.25, -0.2) is 9.78 Å². The zero-order chi connectivity index (χ0) is 24.8. The van der Waals surface area contributed by atoms with Crippen molar-refractivity contribution in [1.82, 2.24) is 14.5 Å². The molecule has 0 radical (unpaired) electrons. The molecule has 33 heavy (non-hydrogen) atoms. The van der Waals surface area contributed by atoms with Gasteiger partial charge in [0.25, 0.3) is 0 Å². The quantitative estimate of drug-likeness (QED) is 0.303. The van der Waals surface area contributed by atoms with Crippen LogP contribution in [0.3, 0.4) is 0 Å². The van der Waals surface area contributed by atoms with Gasteiger partial charge >= 0.3 is 12.2 Å². The SMILES string of the molecule is [2H]C([2H])(c1ccnc2[nH]ccc12)n1ccc2c(NC(=O)Nc3cccc(C(F)(F)F)c3)cccc21. The van der Waals surface area contributed by atoms with Crippen LogP contribution in [-0.4, -0.2) is 20.6 Å². The van der Waals surface area contributed by atoms with E-state index in [2.05, 4.69) is 20.6 Å². The van der Waals surface area contributed by atoms with Gasteiger partial charge in [0.1, 0.15) is 5.65 Å². The summed E-state index contributed by atoms with van der Waals surface area (Å²) in [6.07, 6.45) is 0.279. The lowest BCUT2D eigenvalue weighted by molar-refractivity contribution is -0.137.